The lowest BCUT2D eigenvalue weighted by atomic mass is 10.2. The first-order valence-corrected chi connectivity index (χ1v) is 6.46. The molecule has 1 rings (SSSR count). The second-order valence-electron chi connectivity index (χ2n) is 3.35. The van der Waals surface area contributed by atoms with Gasteiger partial charge in [0.25, 0.3) is 0 Å². The van der Waals surface area contributed by atoms with Crippen LogP contribution in [0.2, 0.25) is 0 Å². The van der Waals surface area contributed by atoms with Gasteiger partial charge in [-0.05, 0) is 25.4 Å². The molecule has 0 aliphatic rings. The molecule has 0 fully saturated rings. The Balaban J connectivity index is 2.50. The summed E-state index contributed by atoms with van der Waals surface area (Å²) >= 11 is 1.40. The quantitative estimate of drug-likeness (QED) is 0.256. The molecular weight excluding hydrogens is 254 g/mol. The second-order valence-corrected chi connectivity index (χ2v) is 4.27. The lowest BCUT2D eigenvalue weighted by Gasteiger charge is -2.15. The molecule has 7 nitrogen and oxygen atoms in total. The zero-order chi connectivity index (χ0) is 13.2. The van der Waals surface area contributed by atoms with Gasteiger partial charge in [-0.25, -0.2) is 4.79 Å². The molecule has 0 spiro atoms. The highest BCUT2D eigenvalue weighted by Gasteiger charge is 2.22. The molecule has 0 saturated carbocycles. The molecule has 0 aromatic carbocycles. The minimum atomic E-state index is -0.497. The smallest absolute Gasteiger partial charge is 0.328 e. The number of carbonyl (C=O) groups is 1. The molecule has 98 valence electrons. The highest BCUT2D eigenvalue weighted by atomic mass is 32.1. The third-order valence-corrected chi connectivity index (χ3v) is 2.95. The number of rotatable bonds is 8. The van der Waals surface area contributed by atoms with Crippen LogP contribution in [0, 0.1) is 0 Å². The van der Waals surface area contributed by atoms with Crippen LogP contribution in [0.5, 0.6) is 0 Å². The number of ether oxygens (including phenoxy) is 1. The lowest BCUT2D eigenvalue weighted by Crippen LogP contribution is -2.30. The average Bonchev–Trinajstić information content (AvgIpc) is 2.87. The van der Waals surface area contributed by atoms with Crippen molar-refractivity contribution in [2.45, 2.75) is 19.4 Å². The minimum absolute atomic E-state index is 0.314. The van der Waals surface area contributed by atoms with Crippen molar-refractivity contribution in [3.63, 3.8) is 0 Å². The van der Waals surface area contributed by atoms with Gasteiger partial charge in [0.15, 0.2) is 0 Å². The number of aromatic nitrogens is 1. The molecule has 1 unspecified atom stereocenters. The van der Waals surface area contributed by atoms with Crippen molar-refractivity contribution in [1.82, 2.24) is 10.3 Å². The first-order valence-electron chi connectivity index (χ1n) is 5.58. The van der Waals surface area contributed by atoms with Gasteiger partial charge in [0.2, 0.25) is 0 Å². The predicted molar refractivity (Wildman–Crippen MR) is 68.1 cm³/mol. The van der Waals surface area contributed by atoms with E-state index in [-0.39, 0.29) is 5.97 Å². The van der Waals surface area contributed by atoms with Gasteiger partial charge in [-0.2, -0.15) is 0 Å². The fourth-order valence-electron chi connectivity index (χ4n) is 1.33. The van der Waals surface area contributed by atoms with Crippen LogP contribution < -0.4 is 5.32 Å². The van der Waals surface area contributed by atoms with Crippen LogP contribution in [0.15, 0.2) is 16.8 Å². The van der Waals surface area contributed by atoms with E-state index in [1.807, 2.05) is 0 Å². The van der Waals surface area contributed by atoms with Gasteiger partial charge in [-0.15, -0.1) is 11.3 Å². The molecule has 1 atom stereocenters. The summed E-state index contributed by atoms with van der Waals surface area (Å²) in [6, 6.07) is -0.497. The maximum atomic E-state index is 11.8. The van der Waals surface area contributed by atoms with Crippen molar-refractivity contribution in [3.8, 4) is 0 Å². The van der Waals surface area contributed by atoms with Crippen molar-refractivity contribution >= 4 is 17.3 Å². The fourth-order valence-corrected chi connectivity index (χ4v) is 2.02. The van der Waals surface area contributed by atoms with Gasteiger partial charge in [0.1, 0.15) is 6.04 Å². The van der Waals surface area contributed by atoms with Crippen molar-refractivity contribution in [2.24, 2.45) is 5.11 Å². The van der Waals surface area contributed by atoms with Crippen molar-refractivity contribution in [3.05, 3.63) is 27.0 Å². The lowest BCUT2D eigenvalue weighted by molar-refractivity contribution is -0.145. The molecule has 0 bridgehead atoms. The van der Waals surface area contributed by atoms with Gasteiger partial charge < -0.3 is 4.74 Å². The zero-order valence-corrected chi connectivity index (χ0v) is 10.9. The Hall–Kier alpha value is -1.63. The molecule has 0 saturated heterocycles. The summed E-state index contributed by atoms with van der Waals surface area (Å²) in [6.07, 6.45) is 2.31. The molecule has 1 heterocycles. The highest BCUT2D eigenvalue weighted by Crippen LogP contribution is 2.18. The summed E-state index contributed by atoms with van der Waals surface area (Å²) in [6.45, 7) is 3.08. The van der Waals surface area contributed by atoms with E-state index >= 15 is 0 Å². The highest BCUT2D eigenvalue weighted by molar-refractivity contribution is 7.09. The average molecular weight is 269 g/mol. The summed E-state index contributed by atoms with van der Waals surface area (Å²) in [4.78, 5) is 19.2. The van der Waals surface area contributed by atoms with Crippen molar-refractivity contribution < 1.29 is 9.53 Å². The van der Waals surface area contributed by atoms with E-state index in [0.717, 1.165) is 4.88 Å². The van der Waals surface area contributed by atoms with E-state index in [2.05, 4.69) is 20.3 Å². The third-order valence-electron chi connectivity index (χ3n) is 2.10. The molecule has 1 N–H and O–H groups in total. The molecular formula is C10H15N5O2S. The maximum Gasteiger partial charge on any atom is 0.328 e. The van der Waals surface area contributed by atoms with Gasteiger partial charge in [-0.1, -0.05) is 5.11 Å². The van der Waals surface area contributed by atoms with Gasteiger partial charge in [-0.3, -0.25) is 10.3 Å². The summed E-state index contributed by atoms with van der Waals surface area (Å²) in [7, 11) is 0. The van der Waals surface area contributed by atoms with E-state index in [1.54, 1.807) is 18.6 Å². The van der Waals surface area contributed by atoms with Crippen LogP contribution in [0.1, 0.15) is 24.3 Å². The van der Waals surface area contributed by atoms with E-state index in [9.17, 15) is 4.79 Å². The summed E-state index contributed by atoms with van der Waals surface area (Å²) in [5, 5.41) is 6.51. The number of carbonyl (C=O) groups excluding carboxylic acids is 1. The SMILES string of the molecule is CCOC(=O)C(NCCCN=[N+]=[N-])c1cncs1. The molecule has 8 heteroatoms. The van der Waals surface area contributed by atoms with E-state index < -0.39 is 6.04 Å². The number of azide groups is 1. The number of thiazole rings is 1. The topological polar surface area (TPSA) is 100.0 Å². The Kier molecular flexibility index (Phi) is 6.78. The summed E-state index contributed by atoms with van der Waals surface area (Å²) < 4.78 is 5.00. The normalized spacial score (nSPS) is 11.6. The molecule has 1 aromatic heterocycles. The third kappa shape index (κ3) is 4.70. The Morgan fingerprint density at radius 2 is 2.61 bits per heavy atom. The standard InChI is InChI=1S/C10H15N5O2S/c1-2-17-10(16)9(8-6-12-7-18-8)13-4-3-5-14-15-11/h6-7,9,13H,2-5H2,1H3. The van der Waals surface area contributed by atoms with Crippen molar-refractivity contribution in [1.29, 1.82) is 0 Å². The number of esters is 1. The molecule has 18 heavy (non-hydrogen) atoms. The van der Waals surface area contributed by atoms with Crippen LogP contribution in [-0.4, -0.2) is 30.6 Å². The number of nitrogens with zero attached hydrogens (tertiary/aromatic N) is 4. The van der Waals surface area contributed by atoms with E-state index in [0.29, 0.717) is 26.1 Å². The zero-order valence-electron chi connectivity index (χ0n) is 10.1. The van der Waals surface area contributed by atoms with E-state index in [1.165, 1.54) is 11.3 Å². The minimum Gasteiger partial charge on any atom is -0.465 e. The van der Waals surface area contributed by atoms with Crippen molar-refractivity contribution in [2.75, 3.05) is 19.7 Å². The first-order chi connectivity index (χ1) is 8.79. The number of nitrogens with one attached hydrogen (secondary N) is 1. The van der Waals surface area contributed by atoms with Crippen LogP contribution in [-0.2, 0) is 9.53 Å². The molecule has 0 radical (unpaired) electrons. The van der Waals surface area contributed by atoms with Crippen LogP contribution in [0.3, 0.4) is 0 Å². The second kappa shape index (κ2) is 8.46. The Bertz CT molecular complexity index is 402. The molecule has 0 aliphatic carbocycles. The largest absolute Gasteiger partial charge is 0.465 e. The maximum absolute atomic E-state index is 11.8. The van der Waals surface area contributed by atoms with Crippen LogP contribution >= 0.6 is 11.3 Å². The van der Waals surface area contributed by atoms with Crippen LogP contribution in [0.25, 0.3) is 10.4 Å². The summed E-state index contributed by atoms with van der Waals surface area (Å²) in [5.74, 6) is -0.314. The number of hydrogen-bond donors (Lipinski definition) is 1. The van der Waals surface area contributed by atoms with Gasteiger partial charge in [0, 0.05) is 17.7 Å². The predicted octanol–water partition coefficient (Wildman–Crippen LogP) is 2.04. The fraction of sp³-hybridized carbons (Fsp3) is 0.600. The monoisotopic (exact) mass is 269 g/mol. The number of hydrogen-bond acceptors (Lipinski definition) is 6. The Morgan fingerprint density at radius 3 is 3.22 bits per heavy atom. The Morgan fingerprint density at radius 1 is 1.78 bits per heavy atom. The van der Waals surface area contributed by atoms with E-state index in [4.69, 9.17) is 10.3 Å². The van der Waals surface area contributed by atoms with Gasteiger partial charge >= 0.3 is 5.97 Å². The Labute approximate surface area is 109 Å². The summed E-state index contributed by atoms with van der Waals surface area (Å²) in [5.41, 5.74) is 9.81. The van der Waals surface area contributed by atoms with Gasteiger partial charge in [0.05, 0.1) is 17.0 Å². The molecule has 0 amide bonds. The first kappa shape index (κ1) is 14.4. The van der Waals surface area contributed by atoms with Crippen LogP contribution in [0.4, 0.5) is 0 Å². The molecule has 1 aromatic rings. The molecule has 0 aliphatic heterocycles.